The molecule has 0 radical (unpaired) electrons. The molecule has 2 fully saturated rings. The number of hydrogen-bond donors (Lipinski definition) is 2. The Hall–Kier alpha value is -3.39. The normalized spacial score (nSPS) is 24.5. The van der Waals surface area contributed by atoms with Gasteiger partial charge in [0.2, 0.25) is 0 Å². The van der Waals surface area contributed by atoms with Crippen molar-refractivity contribution in [1.29, 1.82) is 0 Å². The van der Waals surface area contributed by atoms with Gasteiger partial charge in [-0.25, -0.2) is 9.18 Å². The smallest absolute Gasteiger partial charge is 0.410 e. The zero-order chi connectivity index (χ0) is 22.2. The number of esters is 1. The highest BCUT2D eigenvalue weighted by atomic mass is 19.1. The Morgan fingerprint density at radius 3 is 2.78 bits per heavy atom. The molecule has 0 saturated carbocycles. The van der Waals surface area contributed by atoms with Crippen LogP contribution >= 0.6 is 0 Å². The summed E-state index contributed by atoms with van der Waals surface area (Å²) in [6, 6.07) is 13.7. The van der Waals surface area contributed by atoms with Gasteiger partial charge in [0.25, 0.3) is 0 Å². The molecule has 3 aromatic rings. The van der Waals surface area contributed by atoms with E-state index < -0.39 is 12.2 Å². The number of H-pyrrole nitrogens is 1. The molecule has 4 atom stereocenters. The summed E-state index contributed by atoms with van der Waals surface area (Å²) in [5.74, 6) is -0.764. The number of nitrogens with zero attached hydrogens (tertiary/aromatic N) is 1. The molecule has 0 aliphatic carbocycles. The Labute approximate surface area is 184 Å². The predicted molar refractivity (Wildman–Crippen MR) is 115 cm³/mol. The van der Waals surface area contributed by atoms with Crippen LogP contribution in [0.3, 0.4) is 0 Å². The van der Waals surface area contributed by atoms with Gasteiger partial charge in [-0.15, -0.1) is 0 Å². The highest BCUT2D eigenvalue weighted by Gasteiger charge is 2.53. The molecular formula is C24H24FN3O4. The van der Waals surface area contributed by atoms with Gasteiger partial charge in [0.05, 0.1) is 6.04 Å². The largest absolute Gasteiger partial charge is 0.459 e. The van der Waals surface area contributed by atoms with Crippen LogP contribution in [0.2, 0.25) is 0 Å². The van der Waals surface area contributed by atoms with Gasteiger partial charge >= 0.3 is 12.1 Å². The quantitative estimate of drug-likeness (QED) is 0.612. The molecule has 8 heteroatoms. The lowest BCUT2D eigenvalue weighted by atomic mass is 9.91. The molecule has 0 bridgehead atoms. The lowest BCUT2D eigenvalue weighted by molar-refractivity contribution is -0.147. The maximum atomic E-state index is 13.7. The molecular weight excluding hydrogens is 413 g/mol. The van der Waals surface area contributed by atoms with Gasteiger partial charge in [0.15, 0.2) is 0 Å². The number of hydrogen-bond acceptors (Lipinski definition) is 5. The molecule has 1 aromatic heterocycles. The average molecular weight is 437 g/mol. The molecule has 3 heterocycles. The van der Waals surface area contributed by atoms with Crippen molar-refractivity contribution in [2.45, 2.75) is 37.6 Å². The standard InChI is InChI=1S/C24H24FN3O4/c1-14(29)32-21-11-27-22-19(18-10-26-20-9-16(25)7-8-17(18)20)12-28(23(21)22)24(30)31-13-15-5-3-2-4-6-15/h2-10,19,21-23,26-27H,11-13H2,1H3/t19-,21?,22?,23?/m0/s1. The molecule has 7 nitrogen and oxygen atoms in total. The zero-order valence-corrected chi connectivity index (χ0v) is 17.6. The van der Waals surface area contributed by atoms with Crippen molar-refractivity contribution in [3.8, 4) is 0 Å². The van der Waals surface area contributed by atoms with Gasteiger partial charge in [0.1, 0.15) is 18.5 Å². The molecule has 5 rings (SSSR count). The van der Waals surface area contributed by atoms with Crippen LogP contribution in [-0.4, -0.2) is 53.2 Å². The predicted octanol–water partition coefficient (Wildman–Crippen LogP) is 3.32. The molecule has 2 N–H and O–H groups in total. The van der Waals surface area contributed by atoms with E-state index in [0.29, 0.717) is 18.6 Å². The Kier molecular flexibility index (Phi) is 5.30. The first-order valence-corrected chi connectivity index (χ1v) is 10.7. The summed E-state index contributed by atoms with van der Waals surface area (Å²) in [5.41, 5.74) is 2.59. The van der Waals surface area contributed by atoms with Crippen molar-refractivity contribution in [2.24, 2.45) is 0 Å². The van der Waals surface area contributed by atoms with E-state index in [2.05, 4.69) is 10.3 Å². The number of carbonyl (C=O) groups is 2. The van der Waals surface area contributed by atoms with E-state index in [0.717, 1.165) is 16.5 Å². The lowest BCUT2D eigenvalue weighted by Gasteiger charge is -2.27. The number of benzene rings is 2. The fourth-order valence-electron chi connectivity index (χ4n) is 4.99. The van der Waals surface area contributed by atoms with E-state index >= 15 is 0 Å². The van der Waals surface area contributed by atoms with E-state index in [9.17, 15) is 14.0 Å². The van der Waals surface area contributed by atoms with E-state index in [1.54, 1.807) is 11.0 Å². The molecule has 2 saturated heterocycles. The zero-order valence-electron chi connectivity index (χ0n) is 17.6. The monoisotopic (exact) mass is 437 g/mol. The molecule has 3 unspecified atom stereocenters. The summed E-state index contributed by atoms with van der Waals surface area (Å²) in [5, 5.41) is 4.34. The number of halogens is 1. The van der Waals surface area contributed by atoms with Crippen LogP contribution in [0.15, 0.2) is 54.7 Å². The number of aromatic nitrogens is 1. The van der Waals surface area contributed by atoms with Crippen LogP contribution in [0.4, 0.5) is 9.18 Å². The first kappa shape index (κ1) is 20.5. The SMILES string of the molecule is CC(=O)OC1CNC2C1N(C(=O)OCc1ccccc1)C[C@H]2c1c[nH]c2cc(F)ccc12. The maximum absolute atomic E-state index is 13.7. The topological polar surface area (TPSA) is 83.7 Å². The number of nitrogens with one attached hydrogen (secondary N) is 2. The van der Waals surface area contributed by atoms with Crippen molar-refractivity contribution >= 4 is 23.0 Å². The number of fused-ring (bicyclic) bond motifs is 2. The van der Waals surface area contributed by atoms with Gasteiger partial charge in [-0.1, -0.05) is 30.3 Å². The first-order chi connectivity index (χ1) is 15.5. The minimum Gasteiger partial charge on any atom is -0.459 e. The average Bonchev–Trinajstić information content (AvgIpc) is 3.47. The van der Waals surface area contributed by atoms with Gasteiger partial charge in [-0.3, -0.25) is 9.69 Å². The summed E-state index contributed by atoms with van der Waals surface area (Å²) in [6.45, 7) is 2.38. The van der Waals surface area contributed by atoms with Gasteiger partial charge in [-0.2, -0.15) is 0 Å². The fraction of sp³-hybridized carbons (Fsp3) is 0.333. The van der Waals surface area contributed by atoms with Crippen molar-refractivity contribution in [2.75, 3.05) is 13.1 Å². The highest BCUT2D eigenvalue weighted by molar-refractivity contribution is 5.84. The Balaban J connectivity index is 1.42. The summed E-state index contributed by atoms with van der Waals surface area (Å²) in [7, 11) is 0. The van der Waals surface area contributed by atoms with Crippen molar-refractivity contribution in [1.82, 2.24) is 15.2 Å². The van der Waals surface area contributed by atoms with E-state index in [-0.39, 0.29) is 36.4 Å². The van der Waals surface area contributed by atoms with Crippen LogP contribution in [0.25, 0.3) is 10.9 Å². The maximum Gasteiger partial charge on any atom is 0.410 e. The second kappa shape index (κ2) is 8.27. The summed E-state index contributed by atoms with van der Waals surface area (Å²) >= 11 is 0. The van der Waals surface area contributed by atoms with E-state index in [4.69, 9.17) is 9.47 Å². The Morgan fingerprint density at radius 2 is 2.00 bits per heavy atom. The first-order valence-electron chi connectivity index (χ1n) is 10.7. The molecule has 2 aliphatic rings. The van der Waals surface area contributed by atoms with Crippen LogP contribution in [-0.2, 0) is 20.9 Å². The number of ether oxygens (including phenoxy) is 2. The Morgan fingerprint density at radius 1 is 1.19 bits per heavy atom. The highest BCUT2D eigenvalue weighted by Crippen LogP contribution is 2.40. The second-order valence-electron chi connectivity index (χ2n) is 8.31. The molecule has 0 spiro atoms. The molecule has 166 valence electrons. The summed E-state index contributed by atoms with van der Waals surface area (Å²) < 4.78 is 24.8. The fourth-order valence-corrected chi connectivity index (χ4v) is 4.99. The van der Waals surface area contributed by atoms with E-state index in [1.165, 1.54) is 19.1 Å². The summed E-state index contributed by atoms with van der Waals surface area (Å²) in [6.07, 6.45) is 0.957. The van der Waals surface area contributed by atoms with Crippen LogP contribution in [0, 0.1) is 5.82 Å². The number of aromatic amines is 1. The minimum absolute atomic E-state index is 0.0657. The lowest BCUT2D eigenvalue weighted by Crippen LogP contribution is -2.46. The third-order valence-electron chi connectivity index (χ3n) is 6.32. The minimum atomic E-state index is -0.463. The van der Waals surface area contributed by atoms with Crippen LogP contribution in [0.5, 0.6) is 0 Å². The number of carbonyl (C=O) groups excluding carboxylic acids is 2. The van der Waals surface area contributed by atoms with Crippen LogP contribution in [0.1, 0.15) is 24.0 Å². The molecule has 2 aromatic carbocycles. The molecule has 2 aliphatic heterocycles. The van der Waals surface area contributed by atoms with Crippen LogP contribution < -0.4 is 5.32 Å². The second-order valence-corrected chi connectivity index (χ2v) is 8.31. The van der Waals surface area contributed by atoms with Crippen molar-refractivity contribution in [3.05, 3.63) is 71.7 Å². The number of amides is 1. The Bertz CT molecular complexity index is 1150. The van der Waals surface area contributed by atoms with E-state index in [1.807, 2.05) is 36.5 Å². The van der Waals surface area contributed by atoms with Gasteiger partial charge in [-0.05, 0) is 29.3 Å². The molecule has 1 amide bonds. The summed E-state index contributed by atoms with van der Waals surface area (Å²) in [4.78, 5) is 29.6. The van der Waals surface area contributed by atoms with Crippen molar-refractivity contribution in [3.63, 3.8) is 0 Å². The third kappa shape index (κ3) is 3.71. The number of likely N-dealkylation sites (tertiary alicyclic amines) is 1. The van der Waals surface area contributed by atoms with Gasteiger partial charge in [0, 0.05) is 49.1 Å². The van der Waals surface area contributed by atoms with Crippen molar-refractivity contribution < 1.29 is 23.5 Å². The number of rotatable bonds is 4. The molecule has 32 heavy (non-hydrogen) atoms. The van der Waals surface area contributed by atoms with Gasteiger partial charge < -0.3 is 19.8 Å². The third-order valence-corrected chi connectivity index (χ3v) is 6.32.